The Morgan fingerprint density at radius 1 is 1.25 bits per heavy atom. The molecule has 0 radical (unpaired) electrons. The minimum Gasteiger partial charge on any atom is -0.370 e. The molecule has 0 aromatic carbocycles. The van der Waals surface area contributed by atoms with Gasteiger partial charge in [-0.25, -0.2) is 0 Å². The lowest BCUT2D eigenvalue weighted by Crippen LogP contribution is -2.52. The third kappa shape index (κ3) is 2.50. The molecule has 3 nitrogen and oxygen atoms in total. The summed E-state index contributed by atoms with van der Waals surface area (Å²) in [5.41, 5.74) is 6.12. The molecule has 1 saturated heterocycles. The molecule has 3 heteroatoms. The van der Waals surface area contributed by atoms with Crippen LogP contribution in [-0.2, 0) is 0 Å². The van der Waals surface area contributed by atoms with Crippen LogP contribution in [0.2, 0.25) is 0 Å². The van der Waals surface area contributed by atoms with Crippen LogP contribution in [0.25, 0.3) is 0 Å². The minimum atomic E-state index is 0.697. The monoisotopic (exact) mass is 223 g/mol. The van der Waals surface area contributed by atoms with Crippen molar-refractivity contribution in [2.75, 3.05) is 13.1 Å². The molecule has 2 aliphatic rings. The van der Waals surface area contributed by atoms with E-state index in [-0.39, 0.29) is 0 Å². The zero-order valence-electron chi connectivity index (χ0n) is 10.5. The van der Waals surface area contributed by atoms with Gasteiger partial charge in [0.2, 0.25) is 0 Å². The van der Waals surface area contributed by atoms with E-state index in [0.29, 0.717) is 6.04 Å². The fourth-order valence-electron chi connectivity index (χ4n) is 3.23. The van der Waals surface area contributed by atoms with Crippen LogP contribution in [0.4, 0.5) is 0 Å². The standard InChI is InChI=1S/C13H25N3/c1-2-9-15-13(14)16-10-5-7-11-6-3-4-8-12(11)16/h11-12H,2-10H2,1H3,(H2,14,15). The Morgan fingerprint density at radius 2 is 2.00 bits per heavy atom. The van der Waals surface area contributed by atoms with E-state index in [1.165, 1.54) is 38.5 Å². The number of guanidine groups is 1. The molecule has 0 spiro atoms. The second-order valence-electron chi connectivity index (χ2n) is 5.19. The Bertz CT molecular complexity index is 248. The van der Waals surface area contributed by atoms with Crippen LogP contribution in [-0.4, -0.2) is 30.0 Å². The molecule has 2 fully saturated rings. The predicted molar refractivity (Wildman–Crippen MR) is 68.5 cm³/mol. The summed E-state index contributed by atoms with van der Waals surface area (Å²) in [5.74, 6) is 1.69. The minimum absolute atomic E-state index is 0.697. The summed E-state index contributed by atoms with van der Waals surface area (Å²) in [7, 11) is 0. The number of hydrogen-bond donors (Lipinski definition) is 1. The van der Waals surface area contributed by atoms with Crippen LogP contribution in [0, 0.1) is 5.92 Å². The van der Waals surface area contributed by atoms with Crippen molar-refractivity contribution in [3.63, 3.8) is 0 Å². The number of piperidine rings is 1. The summed E-state index contributed by atoms with van der Waals surface area (Å²) < 4.78 is 0. The number of rotatable bonds is 2. The lowest BCUT2D eigenvalue weighted by Gasteiger charge is -2.44. The fraction of sp³-hybridized carbons (Fsp3) is 0.923. The number of aliphatic imine (C=N–C) groups is 1. The summed E-state index contributed by atoms with van der Waals surface area (Å²) >= 11 is 0. The van der Waals surface area contributed by atoms with Crippen molar-refractivity contribution >= 4 is 5.96 Å². The highest BCUT2D eigenvalue weighted by Crippen LogP contribution is 2.34. The van der Waals surface area contributed by atoms with E-state index in [2.05, 4.69) is 16.8 Å². The number of nitrogens with two attached hydrogens (primary N) is 1. The Kier molecular flexibility index (Phi) is 4.08. The zero-order chi connectivity index (χ0) is 11.4. The largest absolute Gasteiger partial charge is 0.370 e. The predicted octanol–water partition coefficient (Wildman–Crippen LogP) is 2.37. The van der Waals surface area contributed by atoms with Crippen LogP contribution >= 0.6 is 0 Å². The van der Waals surface area contributed by atoms with Gasteiger partial charge in [0, 0.05) is 19.1 Å². The normalized spacial score (nSPS) is 31.3. The van der Waals surface area contributed by atoms with Gasteiger partial charge in [0.05, 0.1) is 0 Å². The van der Waals surface area contributed by atoms with Gasteiger partial charge in [-0.05, 0) is 38.0 Å². The van der Waals surface area contributed by atoms with Crippen molar-refractivity contribution in [2.45, 2.75) is 57.9 Å². The second kappa shape index (κ2) is 5.55. The quantitative estimate of drug-likeness (QED) is 0.577. The van der Waals surface area contributed by atoms with Gasteiger partial charge >= 0.3 is 0 Å². The van der Waals surface area contributed by atoms with Gasteiger partial charge in [-0.3, -0.25) is 4.99 Å². The zero-order valence-corrected chi connectivity index (χ0v) is 10.5. The van der Waals surface area contributed by atoms with Gasteiger partial charge in [0.15, 0.2) is 5.96 Å². The molecule has 16 heavy (non-hydrogen) atoms. The lowest BCUT2D eigenvalue weighted by atomic mass is 9.78. The molecule has 2 atom stereocenters. The average Bonchev–Trinajstić information content (AvgIpc) is 2.35. The first-order chi connectivity index (χ1) is 7.83. The second-order valence-corrected chi connectivity index (χ2v) is 5.19. The van der Waals surface area contributed by atoms with Crippen molar-refractivity contribution in [1.29, 1.82) is 0 Å². The molecule has 0 amide bonds. The Balaban J connectivity index is 2.01. The Labute approximate surface area is 99.1 Å². The Morgan fingerprint density at radius 3 is 2.81 bits per heavy atom. The Hall–Kier alpha value is -0.730. The van der Waals surface area contributed by atoms with Gasteiger partial charge in [-0.2, -0.15) is 0 Å². The highest BCUT2D eigenvalue weighted by atomic mass is 15.3. The lowest BCUT2D eigenvalue weighted by molar-refractivity contribution is 0.118. The maximum atomic E-state index is 6.12. The molecule has 0 bridgehead atoms. The van der Waals surface area contributed by atoms with E-state index < -0.39 is 0 Å². The third-order valence-corrected chi connectivity index (χ3v) is 4.03. The molecule has 2 unspecified atom stereocenters. The molecule has 0 aromatic heterocycles. The summed E-state index contributed by atoms with van der Waals surface area (Å²) in [6, 6.07) is 0.697. The van der Waals surface area contributed by atoms with Crippen LogP contribution < -0.4 is 5.73 Å². The molecule has 92 valence electrons. The van der Waals surface area contributed by atoms with Crippen molar-refractivity contribution in [3.05, 3.63) is 0 Å². The number of hydrogen-bond acceptors (Lipinski definition) is 1. The summed E-state index contributed by atoms with van der Waals surface area (Å²) in [6.45, 7) is 4.15. The van der Waals surface area contributed by atoms with Crippen LogP contribution in [0.3, 0.4) is 0 Å². The third-order valence-electron chi connectivity index (χ3n) is 4.03. The van der Waals surface area contributed by atoms with Crippen molar-refractivity contribution in [3.8, 4) is 0 Å². The molecule has 2 rings (SSSR count). The number of likely N-dealkylation sites (tertiary alicyclic amines) is 1. The van der Waals surface area contributed by atoms with Crippen LogP contribution in [0.15, 0.2) is 4.99 Å². The van der Waals surface area contributed by atoms with Gasteiger partial charge < -0.3 is 10.6 Å². The van der Waals surface area contributed by atoms with Gasteiger partial charge in [-0.1, -0.05) is 19.8 Å². The molecule has 1 aliphatic carbocycles. The smallest absolute Gasteiger partial charge is 0.191 e. The first-order valence-corrected chi connectivity index (χ1v) is 6.89. The first kappa shape index (κ1) is 11.7. The average molecular weight is 223 g/mol. The molecule has 0 aromatic rings. The maximum absolute atomic E-state index is 6.12. The SMILES string of the molecule is CCCN=C(N)N1CCCC2CCCCC21. The highest BCUT2D eigenvalue weighted by Gasteiger charge is 2.33. The molecule has 1 heterocycles. The van der Waals surface area contributed by atoms with Crippen molar-refractivity contribution in [1.82, 2.24) is 4.90 Å². The summed E-state index contributed by atoms with van der Waals surface area (Å²) in [5, 5.41) is 0. The van der Waals surface area contributed by atoms with E-state index in [1.807, 2.05) is 0 Å². The van der Waals surface area contributed by atoms with Gasteiger partial charge in [-0.15, -0.1) is 0 Å². The highest BCUT2D eigenvalue weighted by molar-refractivity contribution is 5.78. The van der Waals surface area contributed by atoms with Gasteiger partial charge in [0.1, 0.15) is 0 Å². The van der Waals surface area contributed by atoms with Crippen LogP contribution in [0.1, 0.15) is 51.9 Å². The molecular formula is C13H25N3. The van der Waals surface area contributed by atoms with Crippen LogP contribution in [0.5, 0.6) is 0 Å². The number of fused-ring (bicyclic) bond motifs is 1. The molecule has 1 aliphatic heterocycles. The summed E-state index contributed by atoms with van der Waals surface area (Å²) in [6.07, 6.45) is 9.31. The first-order valence-electron chi connectivity index (χ1n) is 6.89. The molecule has 2 N–H and O–H groups in total. The van der Waals surface area contributed by atoms with E-state index in [0.717, 1.165) is 31.4 Å². The molecular weight excluding hydrogens is 198 g/mol. The van der Waals surface area contributed by atoms with Crippen molar-refractivity contribution < 1.29 is 0 Å². The molecule has 1 saturated carbocycles. The topological polar surface area (TPSA) is 41.6 Å². The fourth-order valence-corrected chi connectivity index (χ4v) is 3.23. The van der Waals surface area contributed by atoms with E-state index >= 15 is 0 Å². The van der Waals surface area contributed by atoms with Crippen molar-refractivity contribution in [2.24, 2.45) is 16.6 Å². The number of nitrogens with zero attached hydrogens (tertiary/aromatic N) is 2. The van der Waals surface area contributed by atoms with E-state index in [1.54, 1.807) is 0 Å². The van der Waals surface area contributed by atoms with E-state index in [4.69, 9.17) is 5.73 Å². The van der Waals surface area contributed by atoms with E-state index in [9.17, 15) is 0 Å². The maximum Gasteiger partial charge on any atom is 0.191 e. The van der Waals surface area contributed by atoms with Gasteiger partial charge in [0.25, 0.3) is 0 Å². The summed E-state index contributed by atoms with van der Waals surface area (Å²) in [4.78, 5) is 6.87.